The van der Waals surface area contributed by atoms with Crippen LogP contribution < -0.4 is 10.6 Å². The van der Waals surface area contributed by atoms with Crippen LogP contribution >= 0.6 is 22.9 Å². The number of carbonyl (C=O) groups is 2. The number of fused-ring (bicyclic) bond motifs is 1. The van der Waals surface area contributed by atoms with Gasteiger partial charge in [0.05, 0.1) is 12.5 Å². The molecule has 0 spiro atoms. The molecule has 1 atom stereocenters. The molecule has 1 aromatic heterocycles. The Hall–Kier alpha value is -2.88. The Morgan fingerprint density at radius 3 is 2.79 bits per heavy atom. The Morgan fingerprint density at radius 2 is 2.00 bits per heavy atom. The van der Waals surface area contributed by atoms with Crippen molar-refractivity contribution in [2.75, 3.05) is 6.54 Å². The van der Waals surface area contributed by atoms with Crippen LogP contribution in [0.15, 0.2) is 53.9 Å². The first-order valence-corrected chi connectivity index (χ1v) is 10.6. The minimum absolute atomic E-state index is 0.214. The fourth-order valence-electron chi connectivity index (χ4n) is 3.02. The molecule has 148 valence electrons. The summed E-state index contributed by atoms with van der Waals surface area (Å²) in [4.78, 5) is 25.5. The van der Waals surface area contributed by atoms with E-state index in [-0.39, 0.29) is 24.8 Å². The highest BCUT2D eigenvalue weighted by molar-refractivity contribution is 7.17. The van der Waals surface area contributed by atoms with Crippen LogP contribution in [-0.4, -0.2) is 24.4 Å². The van der Waals surface area contributed by atoms with E-state index in [2.05, 4.69) is 10.6 Å². The highest BCUT2D eigenvalue weighted by Gasteiger charge is 2.23. The van der Waals surface area contributed by atoms with Gasteiger partial charge in [0, 0.05) is 29.1 Å². The quantitative estimate of drug-likeness (QED) is 0.422. The number of alkyl halides is 1. The summed E-state index contributed by atoms with van der Waals surface area (Å²) in [5.74, 6) is -0.339. The van der Waals surface area contributed by atoms with Gasteiger partial charge in [0.1, 0.15) is 6.04 Å². The van der Waals surface area contributed by atoms with E-state index in [0.29, 0.717) is 17.9 Å². The van der Waals surface area contributed by atoms with Crippen LogP contribution in [0.5, 0.6) is 0 Å². The second-order valence-corrected chi connectivity index (χ2v) is 7.70. The van der Waals surface area contributed by atoms with E-state index in [1.165, 1.54) is 0 Å². The third-order valence-electron chi connectivity index (χ3n) is 4.49. The molecular weight excluding hydrogens is 406 g/mol. The molecule has 5 nitrogen and oxygen atoms in total. The largest absolute Gasteiger partial charge is 0.353 e. The molecule has 2 N–H and O–H groups in total. The maximum absolute atomic E-state index is 12.8. The first-order chi connectivity index (χ1) is 14.1. The van der Waals surface area contributed by atoms with E-state index < -0.39 is 6.04 Å². The van der Waals surface area contributed by atoms with Crippen molar-refractivity contribution in [3.63, 3.8) is 0 Å². The second-order valence-electron chi connectivity index (χ2n) is 6.52. The van der Waals surface area contributed by atoms with E-state index in [0.717, 1.165) is 21.2 Å². The Bertz CT molecular complexity index is 1060. The van der Waals surface area contributed by atoms with Gasteiger partial charge in [-0.05, 0) is 40.1 Å². The Balaban J connectivity index is 1.81. The number of nitrogens with zero attached hydrogens (tertiary/aromatic N) is 1. The lowest BCUT2D eigenvalue weighted by molar-refractivity contribution is -0.122. The summed E-state index contributed by atoms with van der Waals surface area (Å²) >= 11 is 7.47. The predicted molar refractivity (Wildman–Crippen MR) is 116 cm³/mol. The van der Waals surface area contributed by atoms with Gasteiger partial charge in [-0.3, -0.25) is 9.59 Å². The molecule has 2 aromatic carbocycles. The summed E-state index contributed by atoms with van der Waals surface area (Å²) in [6.07, 6.45) is 0.578. The predicted octanol–water partition coefficient (Wildman–Crippen LogP) is 4.01. The molecule has 0 aliphatic carbocycles. The Kier molecular flexibility index (Phi) is 7.23. The van der Waals surface area contributed by atoms with Crippen LogP contribution in [0.25, 0.3) is 10.1 Å². The average molecular weight is 426 g/mol. The average Bonchev–Trinajstić information content (AvgIpc) is 3.16. The van der Waals surface area contributed by atoms with Gasteiger partial charge in [-0.1, -0.05) is 30.3 Å². The number of amides is 2. The van der Waals surface area contributed by atoms with Crippen molar-refractivity contribution in [3.05, 3.63) is 70.6 Å². The summed E-state index contributed by atoms with van der Waals surface area (Å²) in [5, 5.41) is 17.4. The van der Waals surface area contributed by atoms with Crippen molar-refractivity contribution < 1.29 is 9.59 Å². The number of nitrogens with one attached hydrogen (secondary N) is 2. The molecule has 0 aliphatic heterocycles. The minimum Gasteiger partial charge on any atom is -0.353 e. The molecule has 1 heterocycles. The number of hydrogen-bond acceptors (Lipinski definition) is 4. The summed E-state index contributed by atoms with van der Waals surface area (Å²) < 4.78 is 1.13. The normalized spacial score (nSPS) is 11.6. The highest BCUT2D eigenvalue weighted by Crippen LogP contribution is 2.26. The number of nitriles is 1. The fraction of sp³-hybridized carbons (Fsp3) is 0.227. The number of rotatable bonds is 8. The molecule has 0 saturated heterocycles. The summed E-state index contributed by atoms with van der Waals surface area (Å²) in [7, 11) is 0. The maximum atomic E-state index is 12.8. The molecule has 3 aromatic rings. The van der Waals surface area contributed by atoms with Gasteiger partial charge >= 0.3 is 0 Å². The van der Waals surface area contributed by atoms with E-state index in [4.69, 9.17) is 16.9 Å². The highest BCUT2D eigenvalue weighted by atomic mass is 35.5. The second kappa shape index (κ2) is 10.1. The van der Waals surface area contributed by atoms with Crippen LogP contribution in [0.2, 0.25) is 0 Å². The number of hydrogen-bond donors (Lipinski definition) is 2. The van der Waals surface area contributed by atoms with Crippen molar-refractivity contribution in [2.24, 2.45) is 0 Å². The van der Waals surface area contributed by atoms with Crippen molar-refractivity contribution in [1.82, 2.24) is 10.6 Å². The molecule has 3 rings (SSSR count). The number of halogens is 1. The third-order valence-corrected chi connectivity index (χ3v) is 5.81. The Labute approximate surface area is 178 Å². The topological polar surface area (TPSA) is 82.0 Å². The monoisotopic (exact) mass is 425 g/mol. The molecule has 0 radical (unpaired) electrons. The van der Waals surface area contributed by atoms with Crippen LogP contribution in [0, 0.1) is 11.3 Å². The summed E-state index contributed by atoms with van der Waals surface area (Å²) in [5.41, 5.74) is 2.28. The molecule has 29 heavy (non-hydrogen) atoms. The van der Waals surface area contributed by atoms with Crippen molar-refractivity contribution >= 4 is 44.8 Å². The van der Waals surface area contributed by atoms with Crippen molar-refractivity contribution in [2.45, 2.75) is 24.8 Å². The van der Waals surface area contributed by atoms with Crippen LogP contribution in [0.4, 0.5) is 0 Å². The number of thiophene rings is 1. The van der Waals surface area contributed by atoms with Gasteiger partial charge in [-0.25, -0.2) is 0 Å². The molecule has 0 saturated carbocycles. The molecule has 7 heteroatoms. The standard InChI is InChI=1S/C22H20ClN3O2S/c23-13-15-5-3-6-16(11-15)21(27)26-19(22(28)25-10-4-9-24)12-17-14-29-20-8-2-1-7-18(17)20/h1-3,5-8,11,14,19H,4,10,12-13H2,(H,25,28)(H,26,27). The van der Waals surface area contributed by atoms with Crippen molar-refractivity contribution in [1.29, 1.82) is 5.26 Å². The van der Waals surface area contributed by atoms with Gasteiger partial charge in [0.2, 0.25) is 5.91 Å². The lowest BCUT2D eigenvalue weighted by Gasteiger charge is -2.18. The van der Waals surface area contributed by atoms with Crippen LogP contribution in [0.1, 0.15) is 27.9 Å². The van der Waals surface area contributed by atoms with Gasteiger partial charge in [0.25, 0.3) is 5.91 Å². The van der Waals surface area contributed by atoms with Gasteiger partial charge in [0.15, 0.2) is 0 Å². The van der Waals surface area contributed by atoms with Gasteiger partial charge < -0.3 is 10.6 Å². The number of carbonyl (C=O) groups excluding carboxylic acids is 2. The minimum atomic E-state index is -0.751. The van der Waals surface area contributed by atoms with E-state index in [1.807, 2.05) is 41.8 Å². The van der Waals surface area contributed by atoms with Crippen LogP contribution in [0.3, 0.4) is 0 Å². The molecule has 1 unspecified atom stereocenters. The first-order valence-electron chi connectivity index (χ1n) is 9.18. The van der Waals surface area contributed by atoms with E-state index in [9.17, 15) is 9.59 Å². The van der Waals surface area contributed by atoms with E-state index in [1.54, 1.807) is 29.5 Å². The first kappa shape index (κ1) is 20.8. The summed E-state index contributed by atoms with van der Waals surface area (Å²) in [6, 6.07) is 16.2. The zero-order valence-corrected chi connectivity index (χ0v) is 17.2. The molecule has 0 bridgehead atoms. The summed E-state index contributed by atoms with van der Waals surface area (Å²) in [6.45, 7) is 0.244. The maximum Gasteiger partial charge on any atom is 0.251 e. The lowest BCUT2D eigenvalue weighted by atomic mass is 10.0. The third kappa shape index (κ3) is 5.35. The lowest BCUT2D eigenvalue weighted by Crippen LogP contribution is -2.48. The molecule has 0 fully saturated rings. The van der Waals surface area contributed by atoms with Crippen molar-refractivity contribution in [3.8, 4) is 6.07 Å². The molecule has 2 amide bonds. The molecule has 0 aliphatic rings. The zero-order chi connectivity index (χ0) is 20.6. The van der Waals surface area contributed by atoms with E-state index >= 15 is 0 Å². The molecular formula is C22H20ClN3O2S. The smallest absolute Gasteiger partial charge is 0.251 e. The fourth-order valence-corrected chi connectivity index (χ4v) is 4.16. The van der Waals surface area contributed by atoms with Gasteiger partial charge in [-0.2, -0.15) is 5.26 Å². The van der Waals surface area contributed by atoms with Crippen LogP contribution in [-0.2, 0) is 17.1 Å². The zero-order valence-electron chi connectivity index (χ0n) is 15.7. The Morgan fingerprint density at radius 1 is 1.17 bits per heavy atom. The SMILES string of the molecule is N#CCCNC(=O)C(Cc1csc2ccccc12)NC(=O)c1cccc(CCl)c1. The number of benzene rings is 2. The van der Waals surface area contributed by atoms with Gasteiger partial charge in [-0.15, -0.1) is 22.9 Å².